The SMILES string of the molecule is CCOC(=O)C(Cc1ccccc1)Nc1ccc(C)cc1. The quantitative estimate of drug-likeness (QED) is 0.823. The molecule has 0 radical (unpaired) electrons. The molecule has 2 aromatic rings. The Balaban J connectivity index is 2.11. The number of hydrogen-bond donors (Lipinski definition) is 1. The smallest absolute Gasteiger partial charge is 0.328 e. The van der Waals surface area contributed by atoms with Gasteiger partial charge in [0.05, 0.1) is 6.61 Å². The second-order valence-corrected chi connectivity index (χ2v) is 5.00. The molecule has 1 unspecified atom stereocenters. The molecule has 3 nitrogen and oxygen atoms in total. The molecular weight excluding hydrogens is 262 g/mol. The minimum absolute atomic E-state index is 0.220. The Morgan fingerprint density at radius 3 is 2.38 bits per heavy atom. The van der Waals surface area contributed by atoms with E-state index in [0.717, 1.165) is 11.3 Å². The van der Waals surface area contributed by atoms with E-state index in [9.17, 15) is 4.79 Å². The van der Waals surface area contributed by atoms with Gasteiger partial charge in [-0.05, 0) is 31.5 Å². The van der Waals surface area contributed by atoms with E-state index in [1.807, 2.05) is 68.4 Å². The van der Waals surface area contributed by atoms with Crippen LogP contribution < -0.4 is 5.32 Å². The Kier molecular flexibility index (Phi) is 5.38. The van der Waals surface area contributed by atoms with E-state index >= 15 is 0 Å². The van der Waals surface area contributed by atoms with Crippen molar-refractivity contribution >= 4 is 11.7 Å². The number of esters is 1. The fourth-order valence-electron chi connectivity index (χ4n) is 2.14. The molecular formula is C18H21NO2. The number of ether oxygens (including phenoxy) is 1. The third-order valence-corrected chi connectivity index (χ3v) is 3.25. The predicted molar refractivity (Wildman–Crippen MR) is 85.4 cm³/mol. The number of nitrogens with one attached hydrogen (secondary N) is 1. The van der Waals surface area contributed by atoms with Crippen molar-refractivity contribution in [2.24, 2.45) is 0 Å². The molecule has 0 bridgehead atoms. The third kappa shape index (κ3) is 4.63. The number of rotatable bonds is 6. The van der Waals surface area contributed by atoms with E-state index in [1.165, 1.54) is 5.56 Å². The highest BCUT2D eigenvalue weighted by Crippen LogP contribution is 2.13. The summed E-state index contributed by atoms with van der Waals surface area (Å²) >= 11 is 0. The first kappa shape index (κ1) is 15.1. The Morgan fingerprint density at radius 1 is 1.10 bits per heavy atom. The second kappa shape index (κ2) is 7.48. The van der Waals surface area contributed by atoms with Crippen molar-refractivity contribution in [2.45, 2.75) is 26.3 Å². The number of benzene rings is 2. The molecule has 0 aliphatic carbocycles. The summed E-state index contributed by atoms with van der Waals surface area (Å²) in [6, 6.07) is 17.6. The lowest BCUT2D eigenvalue weighted by Crippen LogP contribution is -2.33. The Labute approximate surface area is 126 Å². The largest absolute Gasteiger partial charge is 0.464 e. The molecule has 21 heavy (non-hydrogen) atoms. The van der Waals surface area contributed by atoms with Crippen molar-refractivity contribution in [3.63, 3.8) is 0 Å². The highest BCUT2D eigenvalue weighted by molar-refractivity contribution is 5.79. The highest BCUT2D eigenvalue weighted by atomic mass is 16.5. The summed E-state index contributed by atoms with van der Waals surface area (Å²) in [4.78, 5) is 12.1. The van der Waals surface area contributed by atoms with Crippen molar-refractivity contribution in [3.8, 4) is 0 Å². The summed E-state index contributed by atoms with van der Waals surface area (Å²) in [5.41, 5.74) is 3.22. The van der Waals surface area contributed by atoms with Gasteiger partial charge >= 0.3 is 5.97 Å². The molecule has 0 amide bonds. The Hall–Kier alpha value is -2.29. The summed E-state index contributed by atoms with van der Waals surface area (Å²) in [5, 5.41) is 3.26. The molecule has 0 fully saturated rings. The normalized spacial score (nSPS) is 11.7. The van der Waals surface area contributed by atoms with E-state index in [0.29, 0.717) is 13.0 Å². The van der Waals surface area contributed by atoms with Gasteiger partial charge in [0, 0.05) is 12.1 Å². The molecule has 0 heterocycles. The van der Waals surface area contributed by atoms with Crippen LogP contribution in [0.2, 0.25) is 0 Å². The van der Waals surface area contributed by atoms with Gasteiger partial charge in [-0.2, -0.15) is 0 Å². The number of aryl methyl sites for hydroxylation is 1. The summed E-state index contributed by atoms with van der Waals surface area (Å²) < 4.78 is 5.17. The van der Waals surface area contributed by atoms with Crippen LogP contribution in [0.25, 0.3) is 0 Å². The van der Waals surface area contributed by atoms with Gasteiger partial charge in [-0.3, -0.25) is 0 Å². The molecule has 0 aliphatic rings. The van der Waals surface area contributed by atoms with Crippen molar-refractivity contribution in [1.82, 2.24) is 0 Å². The van der Waals surface area contributed by atoms with Gasteiger partial charge in [-0.15, -0.1) is 0 Å². The van der Waals surface area contributed by atoms with E-state index < -0.39 is 0 Å². The van der Waals surface area contributed by atoms with E-state index in [2.05, 4.69) is 5.32 Å². The minimum atomic E-state index is -0.380. The van der Waals surface area contributed by atoms with E-state index in [4.69, 9.17) is 4.74 Å². The van der Waals surface area contributed by atoms with Gasteiger partial charge in [-0.1, -0.05) is 48.0 Å². The number of anilines is 1. The first-order valence-corrected chi connectivity index (χ1v) is 7.23. The standard InChI is InChI=1S/C18H21NO2/c1-3-21-18(20)17(13-15-7-5-4-6-8-15)19-16-11-9-14(2)10-12-16/h4-12,17,19H,3,13H2,1-2H3. The maximum Gasteiger partial charge on any atom is 0.328 e. The molecule has 0 aliphatic heterocycles. The average Bonchev–Trinajstić information content (AvgIpc) is 2.50. The van der Waals surface area contributed by atoms with Crippen molar-refractivity contribution in [1.29, 1.82) is 0 Å². The fraction of sp³-hybridized carbons (Fsp3) is 0.278. The first-order chi connectivity index (χ1) is 10.2. The lowest BCUT2D eigenvalue weighted by Gasteiger charge is -2.18. The summed E-state index contributed by atoms with van der Waals surface area (Å²) in [6.45, 7) is 4.25. The zero-order valence-electron chi connectivity index (χ0n) is 12.5. The zero-order chi connectivity index (χ0) is 15.1. The summed E-state index contributed by atoms with van der Waals surface area (Å²) in [5.74, 6) is -0.220. The monoisotopic (exact) mass is 283 g/mol. The van der Waals surface area contributed by atoms with Gasteiger partial charge in [0.15, 0.2) is 0 Å². The first-order valence-electron chi connectivity index (χ1n) is 7.23. The van der Waals surface area contributed by atoms with Gasteiger partial charge in [0.2, 0.25) is 0 Å². The number of hydrogen-bond acceptors (Lipinski definition) is 3. The fourth-order valence-corrected chi connectivity index (χ4v) is 2.14. The molecule has 1 N–H and O–H groups in total. The van der Waals surface area contributed by atoms with E-state index in [-0.39, 0.29) is 12.0 Å². The molecule has 0 spiro atoms. The van der Waals surface area contributed by atoms with E-state index in [1.54, 1.807) is 0 Å². The topological polar surface area (TPSA) is 38.3 Å². The molecule has 0 aromatic heterocycles. The molecule has 3 heteroatoms. The lowest BCUT2D eigenvalue weighted by molar-refractivity contribution is -0.144. The van der Waals surface area contributed by atoms with Crippen molar-refractivity contribution < 1.29 is 9.53 Å². The van der Waals surface area contributed by atoms with Crippen LogP contribution in [0.3, 0.4) is 0 Å². The summed E-state index contributed by atoms with van der Waals surface area (Å²) in [6.07, 6.45) is 0.605. The highest BCUT2D eigenvalue weighted by Gasteiger charge is 2.20. The third-order valence-electron chi connectivity index (χ3n) is 3.25. The maximum atomic E-state index is 12.1. The zero-order valence-corrected chi connectivity index (χ0v) is 12.5. The average molecular weight is 283 g/mol. The minimum Gasteiger partial charge on any atom is -0.464 e. The van der Waals surface area contributed by atoms with Crippen LogP contribution in [0.5, 0.6) is 0 Å². The lowest BCUT2D eigenvalue weighted by atomic mass is 10.1. The molecule has 110 valence electrons. The Morgan fingerprint density at radius 2 is 1.76 bits per heavy atom. The van der Waals surface area contributed by atoms with Crippen LogP contribution in [0.15, 0.2) is 54.6 Å². The molecule has 2 rings (SSSR count). The van der Waals surface area contributed by atoms with Crippen LogP contribution in [0.4, 0.5) is 5.69 Å². The Bertz CT molecular complexity index is 564. The van der Waals surface area contributed by atoms with Crippen LogP contribution in [0.1, 0.15) is 18.1 Å². The van der Waals surface area contributed by atoms with Gasteiger partial charge < -0.3 is 10.1 Å². The number of carbonyl (C=O) groups is 1. The van der Waals surface area contributed by atoms with Gasteiger partial charge in [-0.25, -0.2) is 4.79 Å². The van der Waals surface area contributed by atoms with Crippen molar-refractivity contribution in [3.05, 3.63) is 65.7 Å². The van der Waals surface area contributed by atoms with Crippen LogP contribution in [-0.2, 0) is 16.0 Å². The van der Waals surface area contributed by atoms with Crippen LogP contribution >= 0.6 is 0 Å². The molecule has 1 atom stereocenters. The number of carbonyl (C=O) groups excluding carboxylic acids is 1. The molecule has 2 aromatic carbocycles. The molecule has 0 saturated heterocycles. The maximum absolute atomic E-state index is 12.1. The predicted octanol–water partition coefficient (Wildman–Crippen LogP) is 3.58. The van der Waals surface area contributed by atoms with Crippen LogP contribution in [0, 0.1) is 6.92 Å². The molecule has 0 saturated carbocycles. The summed E-state index contributed by atoms with van der Waals surface area (Å²) in [7, 11) is 0. The van der Waals surface area contributed by atoms with Gasteiger partial charge in [0.1, 0.15) is 6.04 Å². The van der Waals surface area contributed by atoms with Crippen molar-refractivity contribution in [2.75, 3.05) is 11.9 Å². The second-order valence-electron chi connectivity index (χ2n) is 5.00. The van der Waals surface area contributed by atoms with Crippen LogP contribution in [-0.4, -0.2) is 18.6 Å². The van der Waals surface area contributed by atoms with Gasteiger partial charge in [0.25, 0.3) is 0 Å².